The SMILES string of the molecule is CCN(C)Cc1cccc(CNC(=NC)NCc2ccc(COCC(F)(F)F)cc2)c1.I. The highest BCUT2D eigenvalue weighted by atomic mass is 127. The van der Waals surface area contributed by atoms with Crippen molar-refractivity contribution in [3.05, 3.63) is 70.8 Å². The minimum atomic E-state index is -4.31. The van der Waals surface area contributed by atoms with Gasteiger partial charge in [-0.15, -0.1) is 24.0 Å². The van der Waals surface area contributed by atoms with Crippen molar-refractivity contribution in [3.8, 4) is 0 Å². The Morgan fingerprint density at radius 3 is 2.16 bits per heavy atom. The smallest absolute Gasteiger partial charge is 0.367 e. The number of nitrogens with one attached hydrogen (secondary N) is 2. The first kappa shape index (κ1) is 28.2. The molecule has 178 valence electrons. The first-order valence-corrected chi connectivity index (χ1v) is 10.2. The van der Waals surface area contributed by atoms with E-state index in [1.807, 2.05) is 12.1 Å². The number of aliphatic imine (C=N–C) groups is 1. The monoisotopic (exact) mass is 564 g/mol. The van der Waals surface area contributed by atoms with E-state index in [0.717, 1.165) is 18.7 Å². The predicted molar refractivity (Wildman–Crippen MR) is 133 cm³/mol. The lowest BCUT2D eigenvalue weighted by atomic mass is 10.1. The predicted octanol–water partition coefficient (Wildman–Crippen LogP) is 4.70. The molecule has 2 aromatic carbocycles. The van der Waals surface area contributed by atoms with E-state index >= 15 is 0 Å². The Labute approximate surface area is 205 Å². The fourth-order valence-electron chi connectivity index (χ4n) is 2.89. The van der Waals surface area contributed by atoms with Gasteiger partial charge in [-0.1, -0.05) is 55.5 Å². The summed E-state index contributed by atoms with van der Waals surface area (Å²) in [6.45, 7) is 3.94. The highest BCUT2D eigenvalue weighted by Gasteiger charge is 2.27. The minimum Gasteiger partial charge on any atom is -0.367 e. The summed E-state index contributed by atoms with van der Waals surface area (Å²) >= 11 is 0. The van der Waals surface area contributed by atoms with Crippen LogP contribution in [0.2, 0.25) is 0 Å². The third-order valence-electron chi connectivity index (χ3n) is 4.68. The van der Waals surface area contributed by atoms with Crippen LogP contribution < -0.4 is 10.6 Å². The standard InChI is InChI=1S/C23H31F3N4O.HI/c1-4-30(3)15-21-7-5-6-20(12-21)14-29-22(27-2)28-13-18-8-10-19(11-9-18)16-31-17-23(24,25)26;/h5-12H,4,13-17H2,1-3H3,(H2,27,28,29);1H. The molecule has 0 spiro atoms. The number of alkyl halides is 3. The number of guanidine groups is 1. The van der Waals surface area contributed by atoms with E-state index in [4.69, 9.17) is 0 Å². The second-order valence-electron chi connectivity index (χ2n) is 7.35. The van der Waals surface area contributed by atoms with Crippen LogP contribution in [-0.2, 0) is 31.0 Å². The van der Waals surface area contributed by atoms with E-state index in [9.17, 15) is 13.2 Å². The van der Waals surface area contributed by atoms with Crippen LogP contribution >= 0.6 is 24.0 Å². The molecule has 0 radical (unpaired) electrons. The van der Waals surface area contributed by atoms with E-state index in [2.05, 4.69) is 63.5 Å². The Morgan fingerprint density at radius 1 is 0.969 bits per heavy atom. The van der Waals surface area contributed by atoms with Gasteiger partial charge in [0.15, 0.2) is 5.96 Å². The Bertz CT molecular complexity index is 829. The molecule has 32 heavy (non-hydrogen) atoms. The molecule has 5 nitrogen and oxygen atoms in total. The van der Waals surface area contributed by atoms with E-state index < -0.39 is 12.8 Å². The van der Waals surface area contributed by atoms with Crippen LogP contribution in [0.5, 0.6) is 0 Å². The van der Waals surface area contributed by atoms with Gasteiger partial charge in [0.05, 0.1) is 6.61 Å². The third kappa shape index (κ3) is 11.1. The zero-order valence-electron chi connectivity index (χ0n) is 18.7. The number of hydrogen-bond donors (Lipinski definition) is 2. The summed E-state index contributed by atoms with van der Waals surface area (Å²) in [4.78, 5) is 6.49. The number of rotatable bonds is 10. The van der Waals surface area contributed by atoms with Crippen LogP contribution in [-0.4, -0.2) is 44.3 Å². The lowest BCUT2D eigenvalue weighted by Crippen LogP contribution is -2.36. The summed E-state index contributed by atoms with van der Waals surface area (Å²) < 4.78 is 41.1. The van der Waals surface area contributed by atoms with Crippen molar-refractivity contribution < 1.29 is 17.9 Å². The van der Waals surface area contributed by atoms with Gasteiger partial charge in [0.1, 0.15) is 6.61 Å². The van der Waals surface area contributed by atoms with Gasteiger partial charge < -0.3 is 20.3 Å². The van der Waals surface area contributed by atoms with E-state index in [-0.39, 0.29) is 30.6 Å². The van der Waals surface area contributed by atoms with E-state index in [1.54, 1.807) is 19.2 Å². The number of hydrogen-bond acceptors (Lipinski definition) is 3. The number of halogens is 4. The average Bonchev–Trinajstić information content (AvgIpc) is 2.74. The molecule has 0 aliphatic carbocycles. The van der Waals surface area contributed by atoms with Gasteiger partial charge in [-0.25, -0.2) is 0 Å². The molecule has 0 bridgehead atoms. The summed E-state index contributed by atoms with van der Waals surface area (Å²) in [6, 6.07) is 15.7. The van der Waals surface area contributed by atoms with Gasteiger partial charge in [0, 0.05) is 26.7 Å². The normalized spacial score (nSPS) is 11.9. The third-order valence-corrected chi connectivity index (χ3v) is 4.68. The molecule has 0 heterocycles. The molecular weight excluding hydrogens is 532 g/mol. The summed E-state index contributed by atoms with van der Waals surface area (Å²) in [5, 5.41) is 6.55. The fourth-order valence-corrected chi connectivity index (χ4v) is 2.89. The van der Waals surface area contributed by atoms with Crippen LogP contribution in [0.1, 0.15) is 29.2 Å². The maximum absolute atomic E-state index is 12.1. The maximum Gasteiger partial charge on any atom is 0.411 e. The van der Waals surface area contributed by atoms with Crippen molar-refractivity contribution >= 4 is 29.9 Å². The van der Waals surface area contributed by atoms with Gasteiger partial charge >= 0.3 is 6.18 Å². The molecule has 0 fully saturated rings. The minimum absolute atomic E-state index is 0. The van der Waals surface area contributed by atoms with Crippen molar-refractivity contribution in [1.82, 2.24) is 15.5 Å². The molecule has 0 aliphatic heterocycles. The first-order valence-electron chi connectivity index (χ1n) is 10.2. The lowest BCUT2D eigenvalue weighted by molar-refractivity contribution is -0.176. The van der Waals surface area contributed by atoms with Gasteiger partial charge in [0.2, 0.25) is 0 Å². The van der Waals surface area contributed by atoms with Gasteiger partial charge in [-0.2, -0.15) is 13.2 Å². The summed E-state index contributed by atoms with van der Waals surface area (Å²) in [6.07, 6.45) is -4.31. The molecule has 0 atom stereocenters. The first-order chi connectivity index (χ1) is 14.8. The zero-order chi connectivity index (χ0) is 22.7. The van der Waals surface area contributed by atoms with Gasteiger partial charge in [0.25, 0.3) is 0 Å². The highest BCUT2D eigenvalue weighted by Crippen LogP contribution is 2.16. The van der Waals surface area contributed by atoms with Crippen molar-refractivity contribution in [2.24, 2.45) is 4.99 Å². The molecule has 0 aliphatic rings. The second-order valence-corrected chi connectivity index (χ2v) is 7.35. The van der Waals surface area contributed by atoms with Crippen molar-refractivity contribution in [2.75, 3.05) is 27.2 Å². The Balaban J connectivity index is 0.00000512. The highest BCUT2D eigenvalue weighted by molar-refractivity contribution is 14.0. The molecule has 2 N–H and O–H groups in total. The summed E-state index contributed by atoms with van der Waals surface area (Å²) in [5.74, 6) is 0.675. The Hall–Kier alpha value is -1.85. The fraction of sp³-hybridized carbons (Fsp3) is 0.435. The summed E-state index contributed by atoms with van der Waals surface area (Å²) in [5.41, 5.74) is 4.13. The zero-order valence-corrected chi connectivity index (χ0v) is 21.0. The molecule has 0 saturated carbocycles. The average molecular weight is 564 g/mol. The molecule has 2 aromatic rings. The lowest BCUT2D eigenvalue weighted by Gasteiger charge is -2.15. The van der Waals surface area contributed by atoms with Gasteiger partial charge in [-0.3, -0.25) is 4.99 Å². The molecule has 0 amide bonds. The van der Waals surface area contributed by atoms with Crippen LogP contribution in [0.25, 0.3) is 0 Å². The second kappa shape index (κ2) is 14.3. The van der Waals surface area contributed by atoms with Crippen LogP contribution in [0.15, 0.2) is 53.5 Å². The van der Waals surface area contributed by atoms with Crippen molar-refractivity contribution in [1.29, 1.82) is 0 Å². The Kier molecular flexibility index (Phi) is 12.6. The Morgan fingerprint density at radius 2 is 1.56 bits per heavy atom. The number of nitrogens with zero attached hydrogens (tertiary/aromatic N) is 2. The van der Waals surface area contributed by atoms with Gasteiger partial charge in [-0.05, 0) is 35.8 Å². The maximum atomic E-state index is 12.1. The van der Waals surface area contributed by atoms with E-state index in [0.29, 0.717) is 24.6 Å². The van der Waals surface area contributed by atoms with Crippen molar-refractivity contribution in [3.63, 3.8) is 0 Å². The van der Waals surface area contributed by atoms with Crippen LogP contribution in [0, 0.1) is 0 Å². The summed E-state index contributed by atoms with van der Waals surface area (Å²) in [7, 11) is 3.81. The molecule has 9 heteroatoms. The van der Waals surface area contributed by atoms with Crippen molar-refractivity contribution in [2.45, 2.75) is 39.3 Å². The molecule has 0 aromatic heterocycles. The van der Waals surface area contributed by atoms with Crippen LogP contribution in [0.4, 0.5) is 13.2 Å². The molecular formula is C23H32F3IN4O. The van der Waals surface area contributed by atoms with E-state index in [1.165, 1.54) is 11.1 Å². The number of ether oxygens (including phenoxy) is 1. The quantitative estimate of drug-likeness (QED) is 0.250. The molecule has 0 unspecified atom stereocenters. The topological polar surface area (TPSA) is 48.9 Å². The molecule has 2 rings (SSSR count). The number of benzene rings is 2. The largest absolute Gasteiger partial charge is 0.411 e. The molecule has 0 saturated heterocycles. The van der Waals surface area contributed by atoms with Crippen LogP contribution in [0.3, 0.4) is 0 Å².